The van der Waals surface area contributed by atoms with Gasteiger partial charge in [-0.1, -0.05) is 18.2 Å². The van der Waals surface area contributed by atoms with Gasteiger partial charge in [0, 0.05) is 25.3 Å². The predicted molar refractivity (Wildman–Crippen MR) is 77.9 cm³/mol. The molecule has 0 atom stereocenters. The van der Waals surface area contributed by atoms with Gasteiger partial charge in [0.05, 0.1) is 19.8 Å². The lowest BCUT2D eigenvalue weighted by molar-refractivity contribution is -0.134. The molecule has 112 valence electrons. The molecule has 0 spiro atoms. The van der Waals surface area contributed by atoms with Gasteiger partial charge < -0.3 is 19.9 Å². The van der Waals surface area contributed by atoms with Gasteiger partial charge in [0.1, 0.15) is 6.54 Å². The lowest BCUT2D eigenvalue weighted by Crippen LogP contribution is -2.48. The highest BCUT2D eigenvalue weighted by Gasteiger charge is 2.26. The Morgan fingerprint density at radius 2 is 1.95 bits per heavy atom. The van der Waals surface area contributed by atoms with Gasteiger partial charge in [0.15, 0.2) is 0 Å². The highest BCUT2D eigenvalue weighted by Crippen LogP contribution is 2.22. The molecular formula is C15H19N3O3. The van der Waals surface area contributed by atoms with E-state index in [0.29, 0.717) is 32.8 Å². The SMILES string of the molecule is O=C(CN1C(=O)CNCc2ccccc21)N1CCOCC1. The Morgan fingerprint density at radius 1 is 1.19 bits per heavy atom. The monoisotopic (exact) mass is 289 g/mol. The summed E-state index contributed by atoms with van der Waals surface area (Å²) in [7, 11) is 0. The molecule has 0 radical (unpaired) electrons. The number of benzene rings is 1. The van der Waals surface area contributed by atoms with E-state index >= 15 is 0 Å². The lowest BCUT2D eigenvalue weighted by atomic mass is 10.1. The predicted octanol–water partition coefficient (Wildman–Crippen LogP) is -0.0184. The molecule has 1 aromatic rings. The first kappa shape index (κ1) is 14.0. The van der Waals surface area contributed by atoms with Crippen molar-refractivity contribution in [2.75, 3.05) is 44.3 Å². The van der Waals surface area contributed by atoms with Gasteiger partial charge in [-0.3, -0.25) is 9.59 Å². The number of nitrogens with one attached hydrogen (secondary N) is 1. The van der Waals surface area contributed by atoms with Gasteiger partial charge in [-0.15, -0.1) is 0 Å². The number of carbonyl (C=O) groups excluding carboxylic acids is 2. The van der Waals surface area contributed by atoms with Crippen LogP contribution in [0.15, 0.2) is 24.3 Å². The Hall–Kier alpha value is -1.92. The molecular weight excluding hydrogens is 270 g/mol. The van der Waals surface area contributed by atoms with Gasteiger partial charge in [-0.25, -0.2) is 0 Å². The molecule has 1 aromatic carbocycles. The van der Waals surface area contributed by atoms with E-state index in [2.05, 4.69) is 5.32 Å². The van der Waals surface area contributed by atoms with Gasteiger partial charge in [-0.2, -0.15) is 0 Å². The largest absolute Gasteiger partial charge is 0.378 e. The van der Waals surface area contributed by atoms with Gasteiger partial charge in [0.25, 0.3) is 0 Å². The zero-order valence-corrected chi connectivity index (χ0v) is 11.9. The van der Waals surface area contributed by atoms with Crippen molar-refractivity contribution >= 4 is 17.5 Å². The number of fused-ring (bicyclic) bond motifs is 1. The maximum Gasteiger partial charge on any atom is 0.242 e. The summed E-state index contributed by atoms with van der Waals surface area (Å²) >= 11 is 0. The third kappa shape index (κ3) is 3.06. The number of anilines is 1. The fourth-order valence-electron chi connectivity index (χ4n) is 2.68. The van der Waals surface area contributed by atoms with Crippen molar-refractivity contribution in [2.24, 2.45) is 0 Å². The molecule has 0 aliphatic carbocycles. The molecule has 2 heterocycles. The highest BCUT2D eigenvalue weighted by molar-refractivity contribution is 6.00. The summed E-state index contributed by atoms with van der Waals surface area (Å²) < 4.78 is 5.25. The van der Waals surface area contributed by atoms with Crippen molar-refractivity contribution < 1.29 is 14.3 Å². The minimum absolute atomic E-state index is 0.0247. The lowest BCUT2D eigenvalue weighted by Gasteiger charge is -2.30. The number of amides is 2. The molecule has 1 saturated heterocycles. The van der Waals surface area contributed by atoms with E-state index in [1.807, 2.05) is 24.3 Å². The van der Waals surface area contributed by atoms with E-state index in [9.17, 15) is 9.59 Å². The molecule has 21 heavy (non-hydrogen) atoms. The Bertz CT molecular complexity index is 541. The van der Waals surface area contributed by atoms with E-state index < -0.39 is 0 Å². The zero-order chi connectivity index (χ0) is 14.7. The molecule has 0 aromatic heterocycles. The molecule has 6 heteroatoms. The van der Waals surface area contributed by atoms with Crippen LogP contribution in [0.2, 0.25) is 0 Å². The van der Waals surface area contributed by atoms with Crippen LogP contribution in [-0.2, 0) is 20.9 Å². The number of morpholine rings is 1. The van der Waals surface area contributed by atoms with Crippen molar-refractivity contribution in [3.05, 3.63) is 29.8 Å². The van der Waals surface area contributed by atoms with E-state index in [0.717, 1.165) is 11.3 Å². The summed E-state index contributed by atoms with van der Waals surface area (Å²) in [5.74, 6) is -0.0927. The van der Waals surface area contributed by atoms with Crippen molar-refractivity contribution in [1.29, 1.82) is 0 Å². The summed E-state index contributed by atoms with van der Waals surface area (Å²) in [6, 6.07) is 7.71. The number of hydrogen-bond donors (Lipinski definition) is 1. The number of hydrogen-bond acceptors (Lipinski definition) is 4. The minimum atomic E-state index is -0.0680. The van der Waals surface area contributed by atoms with Crippen molar-refractivity contribution in [3.8, 4) is 0 Å². The average Bonchev–Trinajstić information content (AvgIpc) is 2.68. The first-order valence-corrected chi connectivity index (χ1v) is 7.20. The summed E-state index contributed by atoms with van der Waals surface area (Å²) in [6.45, 7) is 3.32. The summed E-state index contributed by atoms with van der Waals surface area (Å²) in [5.41, 5.74) is 1.87. The Balaban J connectivity index is 1.79. The fraction of sp³-hybridized carbons (Fsp3) is 0.467. The van der Waals surface area contributed by atoms with Crippen LogP contribution in [0.1, 0.15) is 5.56 Å². The molecule has 0 unspecified atom stereocenters. The van der Waals surface area contributed by atoms with Crippen LogP contribution in [0.5, 0.6) is 0 Å². The Kier molecular flexibility index (Phi) is 4.17. The topological polar surface area (TPSA) is 61.9 Å². The van der Waals surface area contributed by atoms with Crippen molar-refractivity contribution in [3.63, 3.8) is 0 Å². The standard InChI is InChI=1S/C15H19N3O3/c19-14-10-16-9-12-3-1-2-4-13(12)18(14)11-15(20)17-5-7-21-8-6-17/h1-4,16H,5-11H2. The highest BCUT2D eigenvalue weighted by atomic mass is 16.5. The first-order valence-electron chi connectivity index (χ1n) is 7.20. The molecule has 1 N–H and O–H groups in total. The fourth-order valence-corrected chi connectivity index (χ4v) is 2.68. The Labute approximate surface area is 123 Å². The second-order valence-electron chi connectivity index (χ2n) is 5.21. The molecule has 0 saturated carbocycles. The third-order valence-electron chi connectivity index (χ3n) is 3.83. The van der Waals surface area contributed by atoms with Crippen LogP contribution in [0, 0.1) is 0 Å². The van der Waals surface area contributed by atoms with Crippen LogP contribution < -0.4 is 10.2 Å². The number of nitrogens with zero attached hydrogens (tertiary/aromatic N) is 2. The van der Waals surface area contributed by atoms with Gasteiger partial charge >= 0.3 is 0 Å². The summed E-state index contributed by atoms with van der Waals surface area (Å²) in [5, 5.41) is 3.10. The second kappa shape index (κ2) is 6.24. The quantitative estimate of drug-likeness (QED) is 0.831. The third-order valence-corrected chi connectivity index (χ3v) is 3.83. The van der Waals surface area contributed by atoms with Crippen LogP contribution in [0.3, 0.4) is 0 Å². The molecule has 2 amide bonds. The van der Waals surface area contributed by atoms with Crippen LogP contribution in [-0.4, -0.2) is 56.1 Å². The van der Waals surface area contributed by atoms with E-state index in [-0.39, 0.29) is 24.9 Å². The first-order chi connectivity index (χ1) is 10.3. The number of rotatable bonds is 2. The number of para-hydroxylation sites is 1. The molecule has 1 fully saturated rings. The summed E-state index contributed by atoms with van der Waals surface area (Å²) in [4.78, 5) is 28.0. The van der Waals surface area contributed by atoms with E-state index in [1.54, 1.807) is 9.80 Å². The minimum Gasteiger partial charge on any atom is -0.378 e. The van der Waals surface area contributed by atoms with Gasteiger partial charge in [-0.05, 0) is 11.6 Å². The normalized spacial score (nSPS) is 19.1. The van der Waals surface area contributed by atoms with Gasteiger partial charge in [0.2, 0.25) is 11.8 Å². The Morgan fingerprint density at radius 3 is 2.76 bits per heavy atom. The maximum atomic E-state index is 12.4. The van der Waals surface area contributed by atoms with Crippen molar-refractivity contribution in [1.82, 2.24) is 10.2 Å². The molecule has 2 aliphatic heterocycles. The zero-order valence-electron chi connectivity index (χ0n) is 11.9. The molecule has 3 rings (SSSR count). The second-order valence-corrected chi connectivity index (χ2v) is 5.21. The maximum absolute atomic E-state index is 12.4. The molecule has 0 bridgehead atoms. The van der Waals surface area contributed by atoms with Crippen molar-refractivity contribution in [2.45, 2.75) is 6.54 Å². The molecule has 6 nitrogen and oxygen atoms in total. The van der Waals surface area contributed by atoms with Crippen LogP contribution in [0.25, 0.3) is 0 Å². The summed E-state index contributed by atoms with van der Waals surface area (Å²) in [6.07, 6.45) is 0. The van der Waals surface area contributed by atoms with E-state index in [1.165, 1.54) is 0 Å². The smallest absolute Gasteiger partial charge is 0.242 e. The average molecular weight is 289 g/mol. The molecule has 2 aliphatic rings. The number of carbonyl (C=O) groups is 2. The van der Waals surface area contributed by atoms with E-state index in [4.69, 9.17) is 4.74 Å². The number of ether oxygens (including phenoxy) is 1. The van der Waals surface area contributed by atoms with Crippen LogP contribution in [0.4, 0.5) is 5.69 Å². The van der Waals surface area contributed by atoms with Crippen LogP contribution >= 0.6 is 0 Å².